The Morgan fingerprint density at radius 2 is 2.00 bits per heavy atom. The molecule has 0 aromatic heterocycles. The lowest BCUT2D eigenvalue weighted by atomic mass is 9.82. The minimum absolute atomic E-state index is 0.0789. The molecule has 1 aromatic rings. The fourth-order valence-corrected chi connectivity index (χ4v) is 2.36. The highest BCUT2D eigenvalue weighted by Crippen LogP contribution is 2.36. The topological polar surface area (TPSA) is 40.6 Å². The third-order valence-electron chi connectivity index (χ3n) is 3.28. The van der Waals surface area contributed by atoms with Crippen molar-refractivity contribution in [2.45, 2.75) is 13.8 Å². The number of rotatable bonds is 2. The molecule has 0 atom stereocenters. The summed E-state index contributed by atoms with van der Waals surface area (Å²) < 4.78 is 0. The van der Waals surface area contributed by atoms with E-state index in [4.69, 9.17) is 11.6 Å². The Bertz CT molecular complexity index is 552. The zero-order valence-electron chi connectivity index (χ0n) is 11.5. The van der Waals surface area contributed by atoms with Gasteiger partial charge in [-0.1, -0.05) is 11.6 Å². The summed E-state index contributed by atoms with van der Waals surface area (Å²) in [5.41, 5.74) is 0.886. The molecule has 102 valence electrons. The number of benzene rings is 1. The van der Waals surface area contributed by atoms with Crippen LogP contribution in [0.4, 0.5) is 5.69 Å². The van der Waals surface area contributed by atoms with Crippen molar-refractivity contribution in [3.63, 3.8) is 0 Å². The molecule has 19 heavy (non-hydrogen) atoms. The molecule has 2 rings (SSSR count). The molecule has 4 nitrogen and oxygen atoms in total. The molecule has 1 heterocycles. The molecule has 0 aliphatic carbocycles. The van der Waals surface area contributed by atoms with Crippen molar-refractivity contribution >= 4 is 29.1 Å². The fourth-order valence-electron chi connectivity index (χ4n) is 2.10. The number of anilines is 1. The Labute approximate surface area is 117 Å². The smallest absolute Gasteiger partial charge is 0.254 e. The van der Waals surface area contributed by atoms with Gasteiger partial charge in [0.15, 0.2) is 0 Å². The number of β-lactam (4-membered cyclic amide) rings is 1. The number of hydrogen-bond donors (Lipinski definition) is 0. The van der Waals surface area contributed by atoms with Crippen LogP contribution in [0.25, 0.3) is 0 Å². The van der Waals surface area contributed by atoms with E-state index < -0.39 is 0 Å². The lowest BCUT2D eigenvalue weighted by molar-refractivity contribution is -0.132. The molecule has 1 saturated heterocycles. The van der Waals surface area contributed by atoms with E-state index in [0.717, 1.165) is 5.69 Å². The van der Waals surface area contributed by atoms with Crippen molar-refractivity contribution in [3.8, 4) is 0 Å². The number of amides is 2. The van der Waals surface area contributed by atoms with E-state index in [1.165, 1.54) is 4.90 Å². The van der Waals surface area contributed by atoms with Gasteiger partial charge in [0.2, 0.25) is 5.91 Å². The average Bonchev–Trinajstić information content (AvgIpc) is 2.34. The number of carbonyl (C=O) groups excluding carboxylic acids is 2. The maximum absolute atomic E-state index is 11.9. The molecule has 0 saturated carbocycles. The third-order valence-corrected chi connectivity index (χ3v) is 3.59. The van der Waals surface area contributed by atoms with E-state index in [0.29, 0.717) is 17.1 Å². The highest BCUT2D eigenvalue weighted by molar-refractivity contribution is 6.34. The van der Waals surface area contributed by atoms with Crippen LogP contribution in [0.2, 0.25) is 5.02 Å². The maximum atomic E-state index is 11.9. The summed E-state index contributed by atoms with van der Waals surface area (Å²) in [6, 6.07) is 5.10. The second kappa shape index (κ2) is 4.53. The van der Waals surface area contributed by atoms with Gasteiger partial charge in [-0.3, -0.25) is 9.59 Å². The van der Waals surface area contributed by atoms with Crippen molar-refractivity contribution in [2.75, 3.05) is 25.5 Å². The maximum Gasteiger partial charge on any atom is 0.254 e. The molecule has 0 bridgehead atoms. The van der Waals surface area contributed by atoms with Gasteiger partial charge in [0.05, 0.1) is 16.0 Å². The number of halogens is 1. The summed E-state index contributed by atoms with van der Waals surface area (Å²) in [6.07, 6.45) is 0. The first-order valence-electron chi connectivity index (χ1n) is 6.07. The molecule has 1 fully saturated rings. The number of nitrogens with zero attached hydrogens (tertiary/aromatic N) is 2. The predicted molar refractivity (Wildman–Crippen MR) is 75.6 cm³/mol. The fraction of sp³-hybridized carbons (Fsp3) is 0.429. The molecular weight excluding hydrogens is 264 g/mol. The Hall–Kier alpha value is -1.55. The van der Waals surface area contributed by atoms with E-state index in [2.05, 4.69) is 0 Å². The quantitative estimate of drug-likeness (QED) is 0.781. The molecule has 2 amide bonds. The van der Waals surface area contributed by atoms with Crippen LogP contribution in [0.15, 0.2) is 18.2 Å². The van der Waals surface area contributed by atoms with Gasteiger partial charge < -0.3 is 9.80 Å². The lowest BCUT2D eigenvalue weighted by Crippen LogP contribution is -2.58. The lowest BCUT2D eigenvalue weighted by Gasteiger charge is -2.44. The van der Waals surface area contributed by atoms with Crippen LogP contribution in [0.1, 0.15) is 24.2 Å². The van der Waals surface area contributed by atoms with Crippen LogP contribution in [0.3, 0.4) is 0 Å². The SMILES string of the molecule is CN(C)C(=O)c1ccc(N2CC(C)(C)C2=O)cc1Cl. The standard InChI is InChI=1S/C14H17ClN2O2/c1-14(2)8-17(13(14)19)9-5-6-10(11(15)7-9)12(18)16(3)4/h5-7H,8H2,1-4H3. The number of carbonyl (C=O) groups is 2. The predicted octanol–water partition coefficient (Wildman–Crippen LogP) is 2.41. The largest absolute Gasteiger partial charge is 0.345 e. The Morgan fingerprint density at radius 1 is 1.37 bits per heavy atom. The second-order valence-corrected chi connectivity index (χ2v) is 6.05. The van der Waals surface area contributed by atoms with Crippen molar-refractivity contribution in [2.24, 2.45) is 5.41 Å². The van der Waals surface area contributed by atoms with Gasteiger partial charge in [0.25, 0.3) is 5.91 Å². The first-order chi connectivity index (χ1) is 8.74. The Balaban J connectivity index is 2.26. The Kier molecular flexibility index (Phi) is 3.31. The first kappa shape index (κ1) is 13.9. The van der Waals surface area contributed by atoms with Gasteiger partial charge in [-0.05, 0) is 32.0 Å². The average molecular weight is 281 g/mol. The number of hydrogen-bond acceptors (Lipinski definition) is 2. The summed E-state index contributed by atoms with van der Waals surface area (Å²) in [5, 5.41) is 0.369. The van der Waals surface area contributed by atoms with Gasteiger partial charge in [-0.25, -0.2) is 0 Å². The molecule has 0 unspecified atom stereocenters. The van der Waals surface area contributed by atoms with Crippen molar-refractivity contribution in [1.82, 2.24) is 4.90 Å². The third kappa shape index (κ3) is 2.32. The summed E-state index contributed by atoms with van der Waals surface area (Å²) in [5.74, 6) is -0.0675. The zero-order chi connectivity index (χ0) is 14.4. The highest BCUT2D eigenvalue weighted by Gasteiger charge is 2.44. The molecule has 0 spiro atoms. The summed E-state index contributed by atoms with van der Waals surface area (Å²) in [6.45, 7) is 4.50. The van der Waals surface area contributed by atoms with Gasteiger partial charge in [-0.15, -0.1) is 0 Å². The van der Waals surface area contributed by atoms with Gasteiger partial charge in [-0.2, -0.15) is 0 Å². The van der Waals surface area contributed by atoms with Crippen LogP contribution >= 0.6 is 11.6 Å². The van der Waals surface area contributed by atoms with Gasteiger partial charge in [0.1, 0.15) is 0 Å². The minimum Gasteiger partial charge on any atom is -0.345 e. The van der Waals surface area contributed by atoms with Gasteiger partial charge in [0, 0.05) is 26.3 Å². The molecule has 1 aliphatic heterocycles. The molecule has 0 N–H and O–H groups in total. The monoisotopic (exact) mass is 280 g/mol. The minimum atomic E-state index is -0.301. The van der Waals surface area contributed by atoms with Crippen molar-refractivity contribution in [3.05, 3.63) is 28.8 Å². The van der Waals surface area contributed by atoms with Crippen LogP contribution in [0.5, 0.6) is 0 Å². The molecule has 1 aromatic carbocycles. The zero-order valence-corrected chi connectivity index (χ0v) is 12.3. The van der Waals surface area contributed by atoms with E-state index in [1.54, 1.807) is 37.2 Å². The molecule has 0 radical (unpaired) electrons. The van der Waals surface area contributed by atoms with Crippen molar-refractivity contribution < 1.29 is 9.59 Å². The Morgan fingerprint density at radius 3 is 2.42 bits per heavy atom. The molecular formula is C14H17ClN2O2. The first-order valence-corrected chi connectivity index (χ1v) is 6.45. The highest BCUT2D eigenvalue weighted by atomic mass is 35.5. The summed E-state index contributed by atoms with van der Waals surface area (Å²) in [4.78, 5) is 26.9. The van der Waals surface area contributed by atoms with E-state index in [-0.39, 0.29) is 17.2 Å². The molecule has 5 heteroatoms. The second-order valence-electron chi connectivity index (χ2n) is 5.64. The molecule has 1 aliphatic rings. The van der Waals surface area contributed by atoms with Crippen LogP contribution < -0.4 is 4.90 Å². The van der Waals surface area contributed by atoms with E-state index in [1.807, 2.05) is 13.8 Å². The van der Waals surface area contributed by atoms with Crippen LogP contribution in [-0.2, 0) is 4.79 Å². The van der Waals surface area contributed by atoms with Gasteiger partial charge >= 0.3 is 0 Å². The van der Waals surface area contributed by atoms with Crippen LogP contribution in [0, 0.1) is 5.41 Å². The van der Waals surface area contributed by atoms with Crippen molar-refractivity contribution in [1.29, 1.82) is 0 Å². The summed E-state index contributed by atoms with van der Waals surface area (Å²) >= 11 is 6.13. The normalized spacial score (nSPS) is 17.1. The van der Waals surface area contributed by atoms with E-state index >= 15 is 0 Å². The van der Waals surface area contributed by atoms with Crippen LogP contribution in [-0.4, -0.2) is 37.4 Å². The van der Waals surface area contributed by atoms with E-state index in [9.17, 15) is 9.59 Å². The summed E-state index contributed by atoms with van der Waals surface area (Å²) in [7, 11) is 3.35.